The zero-order chi connectivity index (χ0) is 15.5. The van der Waals surface area contributed by atoms with Gasteiger partial charge in [-0.15, -0.1) is 6.04 Å². The standard InChI is InChI=1S/C17H27N2.CH4.CH3.ClH.Ru/c1-14-9-11-15(12-10-14)6-5-13-19-17-8-4-3-7-16(17)18-2;;;;/h9-12,16-17,19H,3-8,13H2,1-2H3;1H4;1H3;1H;/q-1;;-1;;+4/p-1. The first kappa shape index (κ1) is 25.3. The minimum atomic E-state index is 0. The molecule has 2 atom stereocenters. The third-order valence-corrected chi connectivity index (χ3v) is 4.23. The first-order chi connectivity index (χ1) is 10.3. The number of hydrogen-bond donors (Lipinski definition) is 1. The van der Waals surface area contributed by atoms with Crippen LogP contribution in [-0.4, -0.2) is 25.7 Å². The van der Waals surface area contributed by atoms with Gasteiger partial charge in [0.1, 0.15) is 0 Å². The molecular weight excluding hydrogens is 393 g/mol. The Kier molecular flexibility index (Phi) is 17.1. The number of likely N-dealkylation sites (N-methyl/N-ethyl adjacent to an activating group) is 1. The predicted molar refractivity (Wildman–Crippen MR) is 102 cm³/mol. The molecule has 0 bridgehead atoms. The Labute approximate surface area is 158 Å². The number of rotatable bonds is 6. The van der Waals surface area contributed by atoms with Crippen LogP contribution in [0.1, 0.15) is 50.7 Å². The van der Waals surface area contributed by atoms with E-state index in [1.807, 2.05) is 24.4 Å². The van der Waals surface area contributed by atoms with Crippen molar-refractivity contribution in [3.63, 3.8) is 0 Å². The van der Waals surface area contributed by atoms with Crippen molar-refractivity contribution in [1.29, 1.82) is 0 Å². The van der Waals surface area contributed by atoms with Crippen LogP contribution in [0.25, 0.3) is 5.32 Å². The quantitative estimate of drug-likeness (QED) is 0.357. The third-order valence-electron chi connectivity index (χ3n) is 4.23. The van der Waals surface area contributed by atoms with E-state index in [-0.39, 0.29) is 14.9 Å². The summed E-state index contributed by atoms with van der Waals surface area (Å²) in [7, 11) is 6.54. The molecule has 1 saturated carbocycles. The van der Waals surface area contributed by atoms with Gasteiger partial charge in [-0.25, -0.2) is 0 Å². The van der Waals surface area contributed by atoms with Gasteiger partial charge in [-0.05, 0) is 44.3 Å². The summed E-state index contributed by atoms with van der Waals surface area (Å²) in [5.41, 5.74) is 2.80. The third kappa shape index (κ3) is 9.82. The molecule has 0 aromatic heterocycles. The fourth-order valence-corrected chi connectivity index (χ4v) is 2.99. The minimum absolute atomic E-state index is 0. The van der Waals surface area contributed by atoms with E-state index in [4.69, 9.17) is 0 Å². The molecule has 1 aromatic rings. The van der Waals surface area contributed by atoms with Crippen LogP contribution in [0.15, 0.2) is 24.3 Å². The SMILES string of the molecule is C.C[N-]C1CCCCC1NCCCc1ccc(C)cc1.[CH3-].[Cl][Ru+3]. The van der Waals surface area contributed by atoms with Crippen molar-refractivity contribution < 1.29 is 17.3 Å². The molecule has 1 aromatic carbocycles. The second-order valence-electron chi connectivity index (χ2n) is 5.76. The molecule has 0 radical (unpaired) electrons. The molecule has 1 aliphatic carbocycles. The van der Waals surface area contributed by atoms with E-state index in [0.717, 1.165) is 6.54 Å². The van der Waals surface area contributed by atoms with E-state index >= 15 is 0 Å². The summed E-state index contributed by atoms with van der Waals surface area (Å²) in [5.74, 6) is 0. The van der Waals surface area contributed by atoms with Crippen molar-refractivity contribution in [3.05, 3.63) is 48.1 Å². The van der Waals surface area contributed by atoms with Crippen molar-refractivity contribution in [2.24, 2.45) is 0 Å². The molecule has 2 unspecified atom stereocenters. The molecule has 0 saturated heterocycles. The molecule has 4 heteroatoms. The first-order valence-corrected chi connectivity index (χ1v) is 10.0. The first-order valence-electron chi connectivity index (χ1n) is 7.81. The Bertz CT molecular complexity index is 370. The summed E-state index contributed by atoms with van der Waals surface area (Å²) in [5, 5.41) is 8.22. The zero-order valence-electron chi connectivity index (χ0n) is 14.1. The number of halogens is 1. The fraction of sp³-hybridized carbons (Fsp3) is 0.632. The van der Waals surface area contributed by atoms with Crippen LogP contribution < -0.4 is 5.32 Å². The summed E-state index contributed by atoms with van der Waals surface area (Å²) < 4.78 is 0. The Hall–Kier alpha value is 0.0534. The molecule has 0 heterocycles. The molecule has 0 aliphatic heterocycles. The maximum absolute atomic E-state index is 4.57. The van der Waals surface area contributed by atoms with Gasteiger partial charge in [0.05, 0.1) is 0 Å². The number of hydrogen-bond acceptors (Lipinski definition) is 1. The van der Waals surface area contributed by atoms with Gasteiger partial charge in [-0.2, -0.15) is 7.05 Å². The molecular formula is C19H34ClN2Ru+. The van der Waals surface area contributed by atoms with Crippen molar-refractivity contribution in [3.8, 4) is 0 Å². The van der Waals surface area contributed by atoms with E-state index in [2.05, 4.69) is 51.5 Å². The van der Waals surface area contributed by atoms with Gasteiger partial charge in [0, 0.05) is 0 Å². The van der Waals surface area contributed by atoms with Crippen molar-refractivity contribution >= 4 is 9.69 Å². The van der Waals surface area contributed by atoms with Gasteiger partial charge in [0.25, 0.3) is 0 Å². The summed E-state index contributed by atoms with van der Waals surface area (Å²) in [6.45, 7) is 3.26. The Balaban J connectivity index is 0. The van der Waals surface area contributed by atoms with E-state index in [9.17, 15) is 0 Å². The molecule has 134 valence electrons. The predicted octanol–water partition coefficient (Wildman–Crippen LogP) is 5.61. The topological polar surface area (TPSA) is 26.1 Å². The van der Waals surface area contributed by atoms with Gasteiger partial charge in [-0.3, -0.25) is 0 Å². The van der Waals surface area contributed by atoms with E-state index in [1.54, 1.807) is 0 Å². The molecule has 2 nitrogen and oxygen atoms in total. The second kappa shape index (κ2) is 15.6. The second-order valence-corrected chi connectivity index (χ2v) is 5.76. The number of nitrogens with zero attached hydrogens (tertiary/aromatic N) is 1. The van der Waals surface area contributed by atoms with Crippen LogP contribution in [0.3, 0.4) is 0 Å². The van der Waals surface area contributed by atoms with Crippen LogP contribution in [0.2, 0.25) is 0 Å². The van der Waals surface area contributed by atoms with Crippen molar-refractivity contribution in [2.45, 2.75) is 65.0 Å². The van der Waals surface area contributed by atoms with Crippen molar-refractivity contribution in [2.75, 3.05) is 13.6 Å². The van der Waals surface area contributed by atoms with Gasteiger partial charge < -0.3 is 18.1 Å². The summed E-state index contributed by atoms with van der Waals surface area (Å²) >= 11 is 1.82. The summed E-state index contributed by atoms with van der Waals surface area (Å²) in [6, 6.07) is 10.1. The van der Waals surface area contributed by atoms with Crippen molar-refractivity contribution in [1.82, 2.24) is 5.32 Å². The zero-order valence-corrected chi connectivity index (χ0v) is 16.6. The fourth-order valence-electron chi connectivity index (χ4n) is 2.99. The number of aryl methyl sites for hydroxylation is 2. The summed E-state index contributed by atoms with van der Waals surface area (Å²) in [6.07, 6.45) is 7.67. The Morgan fingerprint density at radius 2 is 1.78 bits per heavy atom. The average Bonchev–Trinajstić information content (AvgIpc) is 2.55. The van der Waals surface area contributed by atoms with Gasteiger partial charge in [0.2, 0.25) is 0 Å². The molecule has 23 heavy (non-hydrogen) atoms. The molecule has 1 aliphatic rings. The van der Waals surface area contributed by atoms with Crippen LogP contribution >= 0.6 is 9.69 Å². The average molecular weight is 427 g/mol. The van der Waals surface area contributed by atoms with E-state index < -0.39 is 0 Å². The van der Waals surface area contributed by atoms with E-state index in [0.29, 0.717) is 12.1 Å². The normalized spacial score (nSPS) is 19.6. The van der Waals surface area contributed by atoms with Gasteiger partial charge in [0.15, 0.2) is 0 Å². The van der Waals surface area contributed by atoms with Crippen LogP contribution in [0, 0.1) is 14.4 Å². The van der Waals surface area contributed by atoms with Crippen LogP contribution in [0.5, 0.6) is 0 Å². The Morgan fingerprint density at radius 1 is 1.17 bits per heavy atom. The molecule has 1 fully saturated rings. The van der Waals surface area contributed by atoms with E-state index in [1.165, 1.54) is 49.7 Å². The molecule has 0 spiro atoms. The monoisotopic (exact) mass is 427 g/mol. The number of benzene rings is 1. The summed E-state index contributed by atoms with van der Waals surface area (Å²) in [4.78, 5) is 0. The van der Waals surface area contributed by atoms with Gasteiger partial charge >= 0.3 is 27.0 Å². The maximum atomic E-state index is 4.57. The molecule has 2 rings (SSSR count). The van der Waals surface area contributed by atoms with Gasteiger partial charge in [-0.1, -0.05) is 56.5 Å². The molecule has 1 N–H and O–H groups in total. The van der Waals surface area contributed by atoms with Crippen LogP contribution in [-0.2, 0) is 23.7 Å². The molecule has 0 amide bonds. The Morgan fingerprint density at radius 3 is 2.39 bits per heavy atom. The van der Waals surface area contributed by atoms with Crippen LogP contribution in [0.4, 0.5) is 0 Å². The number of nitrogens with one attached hydrogen (secondary N) is 1.